The van der Waals surface area contributed by atoms with E-state index in [-0.39, 0.29) is 23.7 Å². The molecule has 2 N–H and O–H groups in total. The molecule has 0 spiro atoms. The molecule has 0 atom stereocenters. The maximum atomic E-state index is 13.0. The summed E-state index contributed by atoms with van der Waals surface area (Å²) in [7, 11) is 1.47. The SMILES string of the molecule is COc1cccc(C(=O)OCc2ccc(F)cc2C)c1N. The Bertz CT molecular complexity index is 671. The molecule has 0 saturated carbocycles. The zero-order chi connectivity index (χ0) is 15.4. The Kier molecular flexibility index (Phi) is 4.42. The number of aryl methyl sites for hydroxylation is 1. The zero-order valence-electron chi connectivity index (χ0n) is 11.9. The number of carbonyl (C=O) groups is 1. The van der Waals surface area contributed by atoms with Gasteiger partial charge in [0.15, 0.2) is 0 Å². The summed E-state index contributed by atoms with van der Waals surface area (Å²) in [6.45, 7) is 1.81. The summed E-state index contributed by atoms with van der Waals surface area (Å²) in [5.74, 6) is -0.447. The van der Waals surface area contributed by atoms with Gasteiger partial charge in [0.2, 0.25) is 0 Å². The van der Waals surface area contributed by atoms with E-state index in [4.69, 9.17) is 15.2 Å². The average molecular weight is 289 g/mol. The van der Waals surface area contributed by atoms with Crippen LogP contribution in [0.5, 0.6) is 5.75 Å². The van der Waals surface area contributed by atoms with Gasteiger partial charge >= 0.3 is 5.97 Å². The van der Waals surface area contributed by atoms with Crippen LogP contribution in [-0.4, -0.2) is 13.1 Å². The monoisotopic (exact) mass is 289 g/mol. The van der Waals surface area contributed by atoms with Crippen molar-refractivity contribution in [3.05, 3.63) is 58.9 Å². The van der Waals surface area contributed by atoms with Gasteiger partial charge in [-0.1, -0.05) is 12.1 Å². The summed E-state index contributed by atoms with van der Waals surface area (Å²) in [5.41, 5.74) is 7.78. The van der Waals surface area contributed by atoms with Gasteiger partial charge in [-0.3, -0.25) is 0 Å². The van der Waals surface area contributed by atoms with Gasteiger partial charge in [-0.15, -0.1) is 0 Å². The summed E-state index contributed by atoms with van der Waals surface area (Å²) in [5, 5.41) is 0. The Morgan fingerprint density at radius 2 is 2.05 bits per heavy atom. The molecule has 2 aromatic rings. The molecular weight excluding hydrogens is 273 g/mol. The summed E-state index contributed by atoms with van der Waals surface area (Å²) in [6.07, 6.45) is 0. The van der Waals surface area contributed by atoms with Crippen LogP contribution in [0.4, 0.5) is 10.1 Å². The van der Waals surface area contributed by atoms with Crippen molar-refractivity contribution in [2.24, 2.45) is 0 Å². The number of hydrogen-bond donors (Lipinski definition) is 1. The molecule has 0 aromatic heterocycles. The lowest BCUT2D eigenvalue weighted by Gasteiger charge is -2.11. The molecule has 0 aliphatic carbocycles. The number of hydrogen-bond acceptors (Lipinski definition) is 4. The topological polar surface area (TPSA) is 61.5 Å². The predicted octanol–water partition coefficient (Wildman–Crippen LogP) is 3.08. The van der Waals surface area contributed by atoms with Gasteiger partial charge in [-0.2, -0.15) is 0 Å². The Morgan fingerprint density at radius 3 is 2.71 bits per heavy atom. The van der Waals surface area contributed by atoms with Crippen molar-refractivity contribution >= 4 is 11.7 Å². The Hall–Kier alpha value is -2.56. The number of ether oxygens (including phenoxy) is 2. The fourth-order valence-corrected chi connectivity index (χ4v) is 1.94. The first kappa shape index (κ1) is 14.8. The third-order valence-electron chi connectivity index (χ3n) is 3.17. The highest BCUT2D eigenvalue weighted by Gasteiger charge is 2.14. The van der Waals surface area contributed by atoms with Crippen LogP contribution >= 0.6 is 0 Å². The molecule has 0 aliphatic rings. The number of halogens is 1. The molecule has 0 radical (unpaired) electrons. The first-order valence-electron chi connectivity index (χ1n) is 6.37. The first-order valence-corrected chi connectivity index (χ1v) is 6.37. The second kappa shape index (κ2) is 6.26. The molecule has 0 amide bonds. The van der Waals surface area contributed by atoms with Crippen molar-refractivity contribution < 1.29 is 18.7 Å². The molecule has 2 aromatic carbocycles. The third-order valence-corrected chi connectivity index (χ3v) is 3.17. The first-order chi connectivity index (χ1) is 10.0. The van der Waals surface area contributed by atoms with E-state index in [1.165, 1.54) is 19.2 Å². The van der Waals surface area contributed by atoms with Crippen molar-refractivity contribution in [1.82, 2.24) is 0 Å². The maximum absolute atomic E-state index is 13.0. The molecule has 5 heteroatoms. The number of rotatable bonds is 4. The molecule has 0 aliphatic heterocycles. The minimum atomic E-state index is -0.546. The highest BCUT2D eigenvalue weighted by atomic mass is 19.1. The van der Waals surface area contributed by atoms with Crippen molar-refractivity contribution in [1.29, 1.82) is 0 Å². The van der Waals surface area contributed by atoms with Gasteiger partial charge < -0.3 is 15.2 Å². The van der Waals surface area contributed by atoms with E-state index < -0.39 is 5.97 Å². The number of nitrogen functional groups attached to an aromatic ring is 1. The lowest BCUT2D eigenvalue weighted by Crippen LogP contribution is -2.09. The highest BCUT2D eigenvalue weighted by molar-refractivity contribution is 5.96. The van der Waals surface area contributed by atoms with Gasteiger partial charge in [0.1, 0.15) is 18.2 Å². The largest absolute Gasteiger partial charge is 0.495 e. The van der Waals surface area contributed by atoms with Crippen molar-refractivity contribution in [3.8, 4) is 5.75 Å². The quantitative estimate of drug-likeness (QED) is 0.694. The van der Waals surface area contributed by atoms with Crippen LogP contribution in [0.3, 0.4) is 0 Å². The van der Waals surface area contributed by atoms with Crippen molar-refractivity contribution in [2.45, 2.75) is 13.5 Å². The van der Waals surface area contributed by atoms with Crippen LogP contribution < -0.4 is 10.5 Å². The number of esters is 1. The Morgan fingerprint density at radius 1 is 1.29 bits per heavy atom. The summed E-state index contributed by atoms with van der Waals surface area (Å²) in [4.78, 5) is 12.1. The van der Waals surface area contributed by atoms with E-state index in [0.29, 0.717) is 5.75 Å². The summed E-state index contributed by atoms with van der Waals surface area (Å²) < 4.78 is 23.3. The number of para-hydroxylation sites is 1. The fourth-order valence-electron chi connectivity index (χ4n) is 1.94. The predicted molar refractivity (Wildman–Crippen MR) is 77.7 cm³/mol. The number of benzene rings is 2. The molecule has 0 heterocycles. The van der Waals surface area contributed by atoms with Gasteiger partial charge in [-0.25, -0.2) is 9.18 Å². The van der Waals surface area contributed by atoms with E-state index in [0.717, 1.165) is 11.1 Å². The van der Waals surface area contributed by atoms with Gasteiger partial charge in [0, 0.05) is 0 Å². The van der Waals surface area contributed by atoms with E-state index in [9.17, 15) is 9.18 Å². The second-order valence-corrected chi connectivity index (χ2v) is 4.57. The van der Waals surface area contributed by atoms with E-state index >= 15 is 0 Å². The number of nitrogens with two attached hydrogens (primary N) is 1. The standard InChI is InChI=1S/C16H16FNO3/c1-10-8-12(17)7-6-11(10)9-21-16(19)13-4-3-5-14(20-2)15(13)18/h3-8H,9,18H2,1-2H3. The zero-order valence-corrected chi connectivity index (χ0v) is 11.9. The fraction of sp³-hybridized carbons (Fsp3) is 0.188. The lowest BCUT2D eigenvalue weighted by atomic mass is 10.1. The van der Waals surface area contributed by atoms with Gasteiger partial charge in [0.25, 0.3) is 0 Å². The number of methoxy groups -OCH3 is 1. The molecular formula is C16H16FNO3. The average Bonchev–Trinajstić information content (AvgIpc) is 2.46. The smallest absolute Gasteiger partial charge is 0.340 e. The molecule has 21 heavy (non-hydrogen) atoms. The Labute approximate surface area is 122 Å². The molecule has 0 unspecified atom stereocenters. The normalized spacial score (nSPS) is 10.2. The number of carbonyl (C=O) groups excluding carboxylic acids is 1. The van der Waals surface area contributed by atoms with Crippen LogP contribution in [0.2, 0.25) is 0 Å². The second-order valence-electron chi connectivity index (χ2n) is 4.57. The van der Waals surface area contributed by atoms with Gasteiger partial charge in [0.05, 0.1) is 18.4 Å². The molecule has 4 nitrogen and oxygen atoms in total. The van der Waals surface area contributed by atoms with E-state index in [2.05, 4.69) is 0 Å². The highest BCUT2D eigenvalue weighted by Crippen LogP contribution is 2.25. The lowest BCUT2D eigenvalue weighted by molar-refractivity contribution is 0.0473. The van der Waals surface area contributed by atoms with E-state index in [1.807, 2.05) is 0 Å². The minimum absolute atomic E-state index is 0.0571. The van der Waals surface area contributed by atoms with Crippen LogP contribution in [0.1, 0.15) is 21.5 Å². The molecule has 0 bridgehead atoms. The van der Waals surface area contributed by atoms with Crippen molar-refractivity contribution in [2.75, 3.05) is 12.8 Å². The molecule has 110 valence electrons. The van der Waals surface area contributed by atoms with Crippen LogP contribution in [0.25, 0.3) is 0 Å². The van der Waals surface area contributed by atoms with Crippen molar-refractivity contribution in [3.63, 3.8) is 0 Å². The molecule has 0 fully saturated rings. The van der Waals surface area contributed by atoms with Crippen LogP contribution in [0.15, 0.2) is 36.4 Å². The summed E-state index contributed by atoms with van der Waals surface area (Å²) in [6, 6.07) is 9.20. The third kappa shape index (κ3) is 3.31. The van der Waals surface area contributed by atoms with E-state index in [1.54, 1.807) is 31.2 Å². The molecule has 0 saturated heterocycles. The minimum Gasteiger partial charge on any atom is -0.495 e. The Balaban J connectivity index is 2.12. The summed E-state index contributed by atoms with van der Waals surface area (Å²) >= 11 is 0. The van der Waals surface area contributed by atoms with Gasteiger partial charge in [-0.05, 0) is 42.3 Å². The van der Waals surface area contributed by atoms with Crippen LogP contribution in [0, 0.1) is 12.7 Å². The molecule has 2 rings (SSSR count). The maximum Gasteiger partial charge on any atom is 0.340 e. The van der Waals surface area contributed by atoms with Crippen LogP contribution in [-0.2, 0) is 11.3 Å². The number of anilines is 1.